The van der Waals surface area contributed by atoms with Crippen molar-refractivity contribution in [1.29, 1.82) is 0 Å². The first-order valence-corrected chi connectivity index (χ1v) is 11.5. The molecule has 0 N–H and O–H groups in total. The lowest BCUT2D eigenvalue weighted by molar-refractivity contribution is -0.136. The molecule has 0 amide bonds. The van der Waals surface area contributed by atoms with Crippen LogP contribution in [0.2, 0.25) is 0 Å². The third-order valence-corrected chi connectivity index (χ3v) is 9.75. The van der Waals surface area contributed by atoms with Crippen LogP contribution in [0.5, 0.6) is 0 Å². The van der Waals surface area contributed by atoms with Crippen molar-refractivity contribution in [3.8, 4) is 11.5 Å². The SMILES string of the molecule is Cn1nc2c(c1-c1ccco1)C[C@@]1(C)[C@@H](CC[C@@H]3[C@@H]1CC[C@]1(C)C(=O)CC[C@@H]31)C2. The van der Waals surface area contributed by atoms with E-state index < -0.39 is 0 Å². The van der Waals surface area contributed by atoms with E-state index in [2.05, 4.69) is 27.0 Å². The Labute approximate surface area is 173 Å². The molecule has 2 aromatic heterocycles. The van der Waals surface area contributed by atoms with E-state index in [1.807, 2.05) is 10.7 Å². The Morgan fingerprint density at radius 1 is 1.17 bits per heavy atom. The minimum Gasteiger partial charge on any atom is -0.463 e. The molecule has 0 saturated heterocycles. The zero-order valence-corrected chi connectivity index (χ0v) is 17.9. The number of fused-ring (bicyclic) bond motifs is 6. The van der Waals surface area contributed by atoms with Crippen LogP contribution in [0.3, 0.4) is 0 Å². The summed E-state index contributed by atoms with van der Waals surface area (Å²) in [5.74, 6) is 4.29. The number of ketones is 1. The predicted molar refractivity (Wildman–Crippen MR) is 111 cm³/mol. The average molecular weight is 393 g/mol. The van der Waals surface area contributed by atoms with Crippen LogP contribution >= 0.6 is 0 Å². The highest BCUT2D eigenvalue weighted by Crippen LogP contribution is 2.65. The van der Waals surface area contributed by atoms with Gasteiger partial charge in [0.05, 0.1) is 12.0 Å². The van der Waals surface area contributed by atoms with Gasteiger partial charge in [0.15, 0.2) is 5.76 Å². The number of Topliss-reactive ketones (excluding diaryl/α,β-unsaturated/α-hetero) is 1. The largest absolute Gasteiger partial charge is 0.463 e. The summed E-state index contributed by atoms with van der Waals surface area (Å²) in [5, 5.41) is 4.92. The Morgan fingerprint density at radius 3 is 2.83 bits per heavy atom. The van der Waals surface area contributed by atoms with Gasteiger partial charge in [0.25, 0.3) is 0 Å². The van der Waals surface area contributed by atoms with Crippen molar-refractivity contribution >= 4 is 5.78 Å². The molecule has 4 heteroatoms. The molecule has 0 spiro atoms. The standard InChI is InChI=1S/C25H32N2O2/c1-24-11-10-19-16(18(24)8-9-22(24)28)7-6-15-13-20-17(14-25(15,19)2)23(27(3)26-20)21-5-4-12-29-21/h4-5,12,15-16,18-19H,6-11,13-14H2,1-3H3/t15-,16-,18-,19-,24-,25-/m0/s1. The molecule has 4 aliphatic carbocycles. The van der Waals surface area contributed by atoms with Crippen LogP contribution in [0.25, 0.3) is 11.5 Å². The summed E-state index contributed by atoms with van der Waals surface area (Å²) in [7, 11) is 2.06. The van der Waals surface area contributed by atoms with Gasteiger partial charge in [-0.15, -0.1) is 0 Å². The molecule has 0 radical (unpaired) electrons. The molecule has 0 aromatic carbocycles. The smallest absolute Gasteiger partial charge is 0.152 e. The molecule has 0 bridgehead atoms. The Morgan fingerprint density at radius 2 is 2.03 bits per heavy atom. The van der Waals surface area contributed by atoms with Crippen LogP contribution in [-0.4, -0.2) is 15.6 Å². The van der Waals surface area contributed by atoms with Gasteiger partial charge in [-0.1, -0.05) is 13.8 Å². The molecule has 3 saturated carbocycles. The topological polar surface area (TPSA) is 48.0 Å². The van der Waals surface area contributed by atoms with E-state index in [0.717, 1.165) is 55.6 Å². The van der Waals surface area contributed by atoms with Gasteiger partial charge in [-0.25, -0.2) is 0 Å². The lowest BCUT2D eigenvalue weighted by Gasteiger charge is -2.59. The fourth-order valence-electron chi connectivity index (χ4n) is 8.23. The van der Waals surface area contributed by atoms with E-state index in [4.69, 9.17) is 9.52 Å². The maximum atomic E-state index is 12.7. The second kappa shape index (κ2) is 5.86. The highest BCUT2D eigenvalue weighted by Gasteiger charge is 2.60. The number of aromatic nitrogens is 2. The molecule has 3 fully saturated rings. The summed E-state index contributed by atoms with van der Waals surface area (Å²) >= 11 is 0. The quantitative estimate of drug-likeness (QED) is 0.670. The lowest BCUT2D eigenvalue weighted by atomic mass is 9.45. The van der Waals surface area contributed by atoms with E-state index in [0.29, 0.717) is 17.1 Å². The van der Waals surface area contributed by atoms with Gasteiger partial charge in [0.1, 0.15) is 11.5 Å². The Balaban J connectivity index is 1.40. The lowest BCUT2D eigenvalue weighted by Crippen LogP contribution is -2.54. The van der Waals surface area contributed by atoms with Gasteiger partial charge in [-0.05, 0) is 86.2 Å². The molecular weight excluding hydrogens is 360 g/mol. The maximum absolute atomic E-state index is 12.7. The first kappa shape index (κ1) is 18.0. The number of carbonyl (C=O) groups excluding carboxylic acids is 1. The van der Waals surface area contributed by atoms with Gasteiger partial charge in [-0.3, -0.25) is 9.48 Å². The molecule has 0 unspecified atom stereocenters. The molecule has 4 aliphatic rings. The molecule has 29 heavy (non-hydrogen) atoms. The van der Waals surface area contributed by atoms with E-state index in [9.17, 15) is 4.79 Å². The van der Waals surface area contributed by atoms with Crippen LogP contribution in [0, 0.1) is 34.5 Å². The molecule has 6 rings (SSSR count). The molecular formula is C25H32N2O2. The summed E-state index contributed by atoms with van der Waals surface area (Å²) in [5.41, 5.74) is 4.16. The number of furan rings is 1. The molecule has 6 atom stereocenters. The first-order valence-electron chi connectivity index (χ1n) is 11.5. The van der Waals surface area contributed by atoms with E-state index in [-0.39, 0.29) is 5.41 Å². The minimum atomic E-state index is -0.0299. The summed E-state index contributed by atoms with van der Waals surface area (Å²) in [4.78, 5) is 12.7. The number of hydrogen-bond donors (Lipinski definition) is 0. The first-order chi connectivity index (χ1) is 13.9. The van der Waals surface area contributed by atoms with Crippen LogP contribution in [-0.2, 0) is 24.7 Å². The number of nitrogens with zero attached hydrogens (tertiary/aromatic N) is 2. The maximum Gasteiger partial charge on any atom is 0.152 e. The van der Waals surface area contributed by atoms with E-state index in [1.54, 1.807) is 6.26 Å². The number of rotatable bonds is 1. The van der Waals surface area contributed by atoms with Crippen molar-refractivity contribution in [1.82, 2.24) is 9.78 Å². The van der Waals surface area contributed by atoms with Crippen molar-refractivity contribution in [2.45, 2.75) is 65.2 Å². The van der Waals surface area contributed by atoms with Gasteiger partial charge < -0.3 is 4.42 Å². The fraction of sp³-hybridized carbons (Fsp3) is 0.680. The summed E-state index contributed by atoms with van der Waals surface area (Å²) in [6, 6.07) is 4.03. The molecule has 4 nitrogen and oxygen atoms in total. The highest BCUT2D eigenvalue weighted by atomic mass is 16.3. The number of carbonyl (C=O) groups is 1. The number of hydrogen-bond acceptors (Lipinski definition) is 3. The normalized spacial score (nSPS) is 40.9. The van der Waals surface area contributed by atoms with Gasteiger partial charge in [-0.2, -0.15) is 5.10 Å². The third-order valence-electron chi connectivity index (χ3n) is 9.75. The zero-order chi connectivity index (χ0) is 20.0. The van der Waals surface area contributed by atoms with E-state index >= 15 is 0 Å². The second-order valence-corrected chi connectivity index (χ2v) is 10.8. The van der Waals surface area contributed by atoms with Crippen molar-refractivity contribution < 1.29 is 9.21 Å². The van der Waals surface area contributed by atoms with Crippen molar-refractivity contribution in [2.75, 3.05) is 0 Å². The second-order valence-electron chi connectivity index (χ2n) is 10.8. The molecule has 2 heterocycles. The summed E-state index contributed by atoms with van der Waals surface area (Å²) in [6.07, 6.45) is 10.9. The Hall–Kier alpha value is -1.84. The third kappa shape index (κ3) is 2.26. The average Bonchev–Trinajstić information content (AvgIpc) is 3.38. The van der Waals surface area contributed by atoms with Gasteiger partial charge in [0, 0.05) is 24.4 Å². The van der Waals surface area contributed by atoms with Crippen LogP contribution in [0.15, 0.2) is 22.8 Å². The Kier molecular flexibility index (Phi) is 3.63. The van der Waals surface area contributed by atoms with Gasteiger partial charge >= 0.3 is 0 Å². The predicted octanol–water partition coefficient (Wildman–Crippen LogP) is 5.21. The monoisotopic (exact) mass is 392 g/mol. The zero-order valence-electron chi connectivity index (χ0n) is 17.9. The molecule has 0 aliphatic heterocycles. The van der Waals surface area contributed by atoms with Gasteiger partial charge in [0.2, 0.25) is 0 Å². The fourth-order valence-corrected chi connectivity index (χ4v) is 8.23. The van der Waals surface area contributed by atoms with Crippen LogP contribution in [0.4, 0.5) is 0 Å². The van der Waals surface area contributed by atoms with Crippen molar-refractivity contribution in [3.63, 3.8) is 0 Å². The highest BCUT2D eigenvalue weighted by molar-refractivity contribution is 5.87. The number of aryl methyl sites for hydroxylation is 1. The van der Waals surface area contributed by atoms with Crippen LogP contribution in [0.1, 0.15) is 63.6 Å². The molecule has 2 aromatic rings. The summed E-state index contributed by atoms with van der Waals surface area (Å²) in [6.45, 7) is 4.85. The van der Waals surface area contributed by atoms with Crippen LogP contribution < -0.4 is 0 Å². The summed E-state index contributed by atoms with van der Waals surface area (Å²) < 4.78 is 7.82. The van der Waals surface area contributed by atoms with E-state index in [1.165, 1.54) is 36.2 Å². The van der Waals surface area contributed by atoms with Crippen molar-refractivity contribution in [2.24, 2.45) is 41.5 Å². The van der Waals surface area contributed by atoms with Crippen molar-refractivity contribution in [3.05, 3.63) is 29.7 Å². The minimum absolute atomic E-state index is 0.0299. The Bertz CT molecular complexity index is 973. The molecule has 154 valence electrons.